The first-order chi connectivity index (χ1) is 8.76. The molecule has 1 saturated carbocycles. The zero-order valence-electron chi connectivity index (χ0n) is 11.1. The van der Waals surface area contributed by atoms with Crippen molar-refractivity contribution in [3.8, 4) is 0 Å². The molecule has 19 heavy (non-hydrogen) atoms. The Morgan fingerprint density at radius 1 is 1.32 bits per heavy atom. The van der Waals surface area contributed by atoms with Crippen LogP contribution >= 0.6 is 0 Å². The number of halogens is 1. The SMILES string of the molecule is CN(C(=O)[C@H]1[C@@H](C(=O)O)C1(C)C)c1cccc(F)c1. The van der Waals surface area contributed by atoms with Crippen LogP contribution in [0.15, 0.2) is 24.3 Å². The monoisotopic (exact) mass is 265 g/mol. The predicted octanol–water partition coefficient (Wildman–Crippen LogP) is 2.15. The molecule has 2 rings (SSSR count). The summed E-state index contributed by atoms with van der Waals surface area (Å²) in [7, 11) is 1.53. The van der Waals surface area contributed by atoms with E-state index in [1.165, 1.54) is 30.1 Å². The first-order valence-electron chi connectivity index (χ1n) is 6.02. The summed E-state index contributed by atoms with van der Waals surface area (Å²) in [5.41, 5.74) is -0.123. The number of nitrogens with zero attached hydrogens (tertiary/aromatic N) is 1. The zero-order chi connectivity index (χ0) is 14.4. The largest absolute Gasteiger partial charge is 0.481 e. The Morgan fingerprint density at radius 2 is 1.95 bits per heavy atom. The van der Waals surface area contributed by atoms with Crippen LogP contribution < -0.4 is 4.90 Å². The fraction of sp³-hybridized carbons (Fsp3) is 0.429. The average molecular weight is 265 g/mol. The lowest BCUT2D eigenvalue weighted by atomic mass is 10.1. The molecule has 0 spiro atoms. The Hall–Kier alpha value is -1.91. The van der Waals surface area contributed by atoms with Gasteiger partial charge in [-0.1, -0.05) is 19.9 Å². The van der Waals surface area contributed by atoms with Gasteiger partial charge < -0.3 is 10.0 Å². The molecule has 5 heteroatoms. The molecular formula is C14H16FNO3. The third-order valence-electron chi connectivity index (χ3n) is 3.89. The van der Waals surface area contributed by atoms with E-state index in [9.17, 15) is 14.0 Å². The number of hydrogen-bond donors (Lipinski definition) is 1. The summed E-state index contributed by atoms with van der Waals surface area (Å²) in [6, 6.07) is 5.68. The van der Waals surface area contributed by atoms with Crippen LogP contribution in [0, 0.1) is 23.1 Å². The van der Waals surface area contributed by atoms with Crippen molar-refractivity contribution in [1.29, 1.82) is 0 Å². The van der Waals surface area contributed by atoms with E-state index in [4.69, 9.17) is 5.11 Å². The molecule has 0 bridgehead atoms. The summed E-state index contributed by atoms with van der Waals surface area (Å²) >= 11 is 0. The van der Waals surface area contributed by atoms with Gasteiger partial charge in [-0.3, -0.25) is 9.59 Å². The van der Waals surface area contributed by atoms with Gasteiger partial charge in [0.15, 0.2) is 0 Å². The second-order valence-corrected chi connectivity index (χ2v) is 5.49. The number of amides is 1. The summed E-state index contributed by atoms with van der Waals surface area (Å²) in [5.74, 6) is -2.91. The molecule has 1 aliphatic carbocycles. The van der Waals surface area contributed by atoms with E-state index in [0.717, 1.165) is 0 Å². The van der Waals surface area contributed by atoms with Gasteiger partial charge in [0.1, 0.15) is 5.82 Å². The lowest BCUT2D eigenvalue weighted by Gasteiger charge is -2.18. The van der Waals surface area contributed by atoms with Gasteiger partial charge in [0.2, 0.25) is 5.91 Å². The summed E-state index contributed by atoms with van der Waals surface area (Å²) < 4.78 is 13.1. The van der Waals surface area contributed by atoms with Crippen molar-refractivity contribution in [1.82, 2.24) is 0 Å². The number of carboxylic acids is 1. The van der Waals surface area contributed by atoms with Gasteiger partial charge in [0.25, 0.3) is 0 Å². The molecule has 2 atom stereocenters. The van der Waals surface area contributed by atoms with Crippen LogP contribution in [0.2, 0.25) is 0 Å². The second kappa shape index (κ2) is 4.33. The topological polar surface area (TPSA) is 57.6 Å². The maximum absolute atomic E-state index is 13.1. The van der Waals surface area contributed by atoms with Gasteiger partial charge >= 0.3 is 5.97 Å². The molecular weight excluding hydrogens is 249 g/mol. The van der Waals surface area contributed by atoms with Crippen LogP contribution in [0.4, 0.5) is 10.1 Å². The normalized spacial score (nSPS) is 23.8. The van der Waals surface area contributed by atoms with Crippen molar-refractivity contribution in [2.75, 3.05) is 11.9 Å². The standard InChI is InChI=1S/C14H16FNO3/c1-14(2)10(11(14)13(18)19)12(17)16(3)9-6-4-5-8(15)7-9/h4-7,10-11H,1-3H3,(H,18,19)/t10-,11+/m1/s1. The summed E-state index contributed by atoms with van der Waals surface area (Å²) in [6.45, 7) is 3.52. The van der Waals surface area contributed by atoms with Gasteiger partial charge in [-0.2, -0.15) is 0 Å². The van der Waals surface area contributed by atoms with Crippen LogP contribution in [-0.4, -0.2) is 24.0 Å². The van der Waals surface area contributed by atoms with Crippen LogP contribution in [0.3, 0.4) is 0 Å². The molecule has 102 valence electrons. The van der Waals surface area contributed by atoms with Crippen LogP contribution in [0.25, 0.3) is 0 Å². The number of aliphatic carboxylic acids is 1. The second-order valence-electron chi connectivity index (χ2n) is 5.49. The molecule has 1 aliphatic rings. The molecule has 4 nitrogen and oxygen atoms in total. The van der Waals surface area contributed by atoms with Gasteiger partial charge in [-0.05, 0) is 23.6 Å². The average Bonchev–Trinajstić information content (AvgIpc) is 2.90. The summed E-state index contributed by atoms with van der Waals surface area (Å²) in [4.78, 5) is 24.7. The Balaban J connectivity index is 2.20. The fourth-order valence-electron chi connectivity index (χ4n) is 2.58. The van der Waals surface area contributed by atoms with Crippen molar-refractivity contribution < 1.29 is 19.1 Å². The number of hydrogen-bond acceptors (Lipinski definition) is 2. The van der Waals surface area contributed by atoms with Crippen molar-refractivity contribution in [3.63, 3.8) is 0 Å². The number of benzene rings is 1. The molecule has 1 fully saturated rings. The van der Waals surface area contributed by atoms with E-state index in [-0.39, 0.29) is 5.91 Å². The highest BCUT2D eigenvalue weighted by molar-refractivity contribution is 6.01. The zero-order valence-corrected chi connectivity index (χ0v) is 11.1. The minimum absolute atomic E-state index is 0.289. The lowest BCUT2D eigenvalue weighted by Crippen LogP contribution is -2.29. The number of carbonyl (C=O) groups is 2. The molecule has 1 N–H and O–H groups in total. The number of carbonyl (C=O) groups excluding carboxylic acids is 1. The number of anilines is 1. The minimum atomic E-state index is -0.962. The van der Waals surface area contributed by atoms with E-state index in [1.807, 2.05) is 0 Å². The fourth-order valence-corrected chi connectivity index (χ4v) is 2.58. The molecule has 0 heterocycles. The van der Waals surface area contributed by atoms with Crippen molar-refractivity contribution >= 4 is 17.6 Å². The summed E-state index contributed by atoms with van der Waals surface area (Å²) in [5, 5.41) is 9.07. The third-order valence-corrected chi connectivity index (χ3v) is 3.89. The number of rotatable bonds is 3. The van der Waals surface area contributed by atoms with Crippen molar-refractivity contribution in [3.05, 3.63) is 30.1 Å². The Morgan fingerprint density at radius 3 is 2.42 bits per heavy atom. The van der Waals surface area contributed by atoms with E-state index in [0.29, 0.717) is 5.69 Å². The molecule has 0 radical (unpaired) electrons. The molecule has 0 unspecified atom stereocenters. The summed E-state index contributed by atoms with van der Waals surface area (Å²) in [6.07, 6.45) is 0. The van der Waals surface area contributed by atoms with E-state index >= 15 is 0 Å². The highest BCUT2D eigenvalue weighted by Crippen LogP contribution is 2.59. The lowest BCUT2D eigenvalue weighted by molar-refractivity contribution is -0.140. The molecule has 1 aromatic rings. The third kappa shape index (κ3) is 2.20. The van der Waals surface area contributed by atoms with Gasteiger partial charge in [0, 0.05) is 12.7 Å². The highest BCUT2D eigenvalue weighted by Gasteiger charge is 2.66. The highest BCUT2D eigenvalue weighted by atomic mass is 19.1. The first-order valence-corrected chi connectivity index (χ1v) is 6.02. The Kier molecular flexibility index (Phi) is 3.08. The smallest absolute Gasteiger partial charge is 0.307 e. The Bertz CT molecular complexity index is 541. The van der Waals surface area contributed by atoms with Crippen LogP contribution in [0.1, 0.15) is 13.8 Å². The first kappa shape index (κ1) is 13.5. The van der Waals surface area contributed by atoms with Gasteiger partial charge in [-0.25, -0.2) is 4.39 Å². The molecule has 1 amide bonds. The molecule has 0 aromatic heterocycles. The van der Waals surface area contributed by atoms with Crippen molar-refractivity contribution in [2.45, 2.75) is 13.8 Å². The van der Waals surface area contributed by atoms with Gasteiger partial charge in [-0.15, -0.1) is 0 Å². The molecule has 0 aliphatic heterocycles. The van der Waals surface area contributed by atoms with E-state index < -0.39 is 29.0 Å². The maximum atomic E-state index is 13.1. The van der Waals surface area contributed by atoms with E-state index in [1.54, 1.807) is 19.9 Å². The van der Waals surface area contributed by atoms with Crippen LogP contribution in [0.5, 0.6) is 0 Å². The molecule has 1 aromatic carbocycles. The number of carboxylic acid groups (broad SMARTS) is 1. The predicted molar refractivity (Wildman–Crippen MR) is 68.2 cm³/mol. The Labute approximate surface area is 110 Å². The quantitative estimate of drug-likeness (QED) is 0.911. The minimum Gasteiger partial charge on any atom is -0.481 e. The maximum Gasteiger partial charge on any atom is 0.307 e. The molecule has 0 saturated heterocycles. The van der Waals surface area contributed by atoms with Crippen LogP contribution in [-0.2, 0) is 9.59 Å². The van der Waals surface area contributed by atoms with Gasteiger partial charge in [0.05, 0.1) is 11.8 Å². The van der Waals surface area contributed by atoms with E-state index in [2.05, 4.69) is 0 Å². The van der Waals surface area contributed by atoms with Crippen molar-refractivity contribution in [2.24, 2.45) is 17.3 Å².